The molecule has 208 valence electrons. The van der Waals surface area contributed by atoms with Crippen molar-refractivity contribution in [2.75, 3.05) is 33.3 Å². The third-order valence-electron chi connectivity index (χ3n) is 6.01. The minimum Gasteiger partial charge on any atom is -0.741 e. The number of rotatable bonds is 7. The van der Waals surface area contributed by atoms with E-state index in [0.717, 1.165) is 58.5 Å². The van der Waals surface area contributed by atoms with Crippen LogP contribution in [0.4, 0.5) is 13.2 Å². The lowest BCUT2D eigenvalue weighted by Gasteiger charge is -2.21. The van der Waals surface area contributed by atoms with Gasteiger partial charge in [-0.25, -0.2) is 8.42 Å². The number of ether oxygens (including phenoxy) is 4. The maximum atomic E-state index is 10.7. The van der Waals surface area contributed by atoms with Crippen LogP contribution < -0.4 is 23.5 Å². The van der Waals surface area contributed by atoms with Crippen molar-refractivity contribution in [2.45, 2.75) is 24.8 Å². The second-order valence-electron chi connectivity index (χ2n) is 8.26. The van der Waals surface area contributed by atoms with Crippen molar-refractivity contribution in [3.63, 3.8) is 0 Å². The van der Waals surface area contributed by atoms with Crippen molar-refractivity contribution in [3.05, 3.63) is 41.5 Å². The number of fused-ring (bicyclic) bond motifs is 4. The third-order valence-corrected chi connectivity index (χ3v) is 7.14. The summed E-state index contributed by atoms with van der Waals surface area (Å²) < 4.78 is 84.0. The first-order valence-electron chi connectivity index (χ1n) is 11.4. The molecule has 0 saturated heterocycles. The molecular formula is C25H27BrF3NO7S. The molecule has 2 aromatic carbocycles. The van der Waals surface area contributed by atoms with Gasteiger partial charge in [-0.1, -0.05) is 15.9 Å². The Labute approximate surface area is 227 Å². The van der Waals surface area contributed by atoms with Gasteiger partial charge >= 0.3 is 5.51 Å². The number of halogens is 4. The van der Waals surface area contributed by atoms with E-state index in [2.05, 4.69) is 51.8 Å². The van der Waals surface area contributed by atoms with Gasteiger partial charge in [0.15, 0.2) is 33.1 Å². The second-order valence-corrected chi connectivity index (χ2v) is 10.4. The van der Waals surface area contributed by atoms with E-state index in [4.69, 9.17) is 31.9 Å². The van der Waals surface area contributed by atoms with Gasteiger partial charge in [-0.15, -0.1) is 0 Å². The van der Waals surface area contributed by atoms with Crippen molar-refractivity contribution in [2.24, 2.45) is 7.05 Å². The summed E-state index contributed by atoms with van der Waals surface area (Å²) in [6.07, 6.45) is 2.85. The Balaban J connectivity index is 0.000000436. The average molecular weight is 622 g/mol. The van der Waals surface area contributed by atoms with Crippen LogP contribution in [0.15, 0.2) is 30.3 Å². The molecule has 1 heterocycles. The first-order valence-corrected chi connectivity index (χ1v) is 13.9. The summed E-state index contributed by atoms with van der Waals surface area (Å²) in [6, 6.07) is 10.5. The van der Waals surface area contributed by atoms with Crippen LogP contribution in [0, 0.1) is 0 Å². The zero-order chi connectivity index (χ0) is 28.3. The molecule has 4 rings (SSSR count). The van der Waals surface area contributed by atoms with Crippen molar-refractivity contribution >= 4 is 37.0 Å². The molecule has 0 radical (unpaired) electrons. The summed E-state index contributed by atoms with van der Waals surface area (Å²) in [5, 5.41) is 1.99. The fourth-order valence-corrected chi connectivity index (χ4v) is 4.51. The van der Waals surface area contributed by atoms with Crippen LogP contribution in [0.2, 0.25) is 0 Å². The Morgan fingerprint density at radius 3 is 2.11 bits per heavy atom. The molecule has 38 heavy (non-hydrogen) atoms. The van der Waals surface area contributed by atoms with Gasteiger partial charge in [0.1, 0.15) is 7.05 Å². The van der Waals surface area contributed by atoms with Gasteiger partial charge in [-0.05, 0) is 49.1 Å². The second kappa shape index (κ2) is 12.0. The molecule has 1 aliphatic carbocycles. The van der Waals surface area contributed by atoms with Crippen LogP contribution in [0.5, 0.6) is 23.0 Å². The van der Waals surface area contributed by atoms with Gasteiger partial charge in [0, 0.05) is 17.0 Å². The highest BCUT2D eigenvalue weighted by Gasteiger charge is 2.37. The van der Waals surface area contributed by atoms with Crippen LogP contribution >= 0.6 is 15.9 Å². The number of hydrogen-bond donors (Lipinski definition) is 0. The number of hydrogen-bond acceptors (Lipinski definition) is 7. The van der Waals surface area contributed by atoms with E-state index in [1.54, 1.807) is 21.3 Å². The maximum Gasteiger partial charge on any atom is 0.485 e. The summed E-state index contributed by atoms with van der Waals surface area (Å²) in [7, 11) is 1.07. The smallest absolute Gasteiger partial charge is 0.485 e. The lowest BCUT2D eigenvalue weighted by atomic mass is 9.87. The fraction of sp³-hybridized carbons (Fsp3) is 0.400. The number of pyridine rings is 1. The van der Waals surface area contributed by atoms with Gasteiger partial charge in [0.2, 0.25) is 11.2 Å². The van der Waals surface area contributed by atoms with Crippen molar-refractivity contribution in [1.82, 2.24) is 0 Å². The molecule has 0 amide bonds. The Bertz CT molecular complexity index is 1430. The van der Waals surface area contributed by atoms with Crippen LogP contribution in [-0.2, 0) is 30.0 Å². The topological polar surface area (TPSA) is 98.0 Å². The predicted octanol–water partition coefficient (Wildman–Crippen LogP) is 4.67. The maximum absolute atomic E-state index is 10.7. The number of aromatic nitrogens is 1. The Kier molecular flexibility index (Phi) is 9.37. The summed E-state index contributed by atoms with van der Waals surface area (Å²) >= 11 is 3.47. The van der Waals surface area contributed by atoms with Gasteiger partial charge in [-0.2, -0.15) is 17.7 Å². The van der Waals surface area contributed by atoms with Crippen molar-refractivity contribution in [3.8, 4) is 34.3 Å². The van der Waals surface area contributed by atoms with E-state index in [1.165, 1.54) is 22.4 Å². The van der Waals surface area contributed by atoms with E-state index >= 15 is 0 Å². The van der Waals surface area contributed by atoms with E-state index in [-0.39, 0.29) is 0 Å². The molecule has 0 atom stereocenters. The van der Waals surface area contributed by atoms with Crippen LogP contribution in [-0.4, -0.2) is 51.7 Å². The number of benzene rings is 2. The zero-order valence-corrected chi connectivity index (χ0v) is 23.5. The molecule has 0 spiro atoms. The molecule has 8 nitrogen and oxygen atoms in total. The summed E-state index contributed by atoms with van der Waals surface area (Å²) in [5.74, 6) is 3.10. The highest BCUT2D eigenvalue weighted by atomic mass is 79.9. The SMILES string of the molecule is COc1cc2c(cc1OC)-c1c(cc3c(OCCCBr)c(OC)ccc3[n+]1C)CC2.O=S(=O)([O-])C(F)(F)F. The first-order chi connectivity index (χ1) is 17.9. The number of nitrogens with zero attached hydrogens (tertiary/aromatic N) is 1. The number of alkyl halides is 4. The largest absolute Gasteiger partial charge is 0.741 e. The lowest BCUT2D eigenvalue weighted by molar-refractivity contribution is -0.634. The van der Waals surface area contributed by atoms with Crippen molar-refractivity contribution < 1.29 is 49.7 Å². The van der Waals surface area contributed by atoms with Gasteiger partial charge in [-0.3, -0.25) is 0 Å². The first kappa shape index (κ1) is 29.8. The van der Waals surface area contributed by atoms with E-state index < -0.39 is 15.6 Å². The van der Waals surface area contributed by atoms with E-state index in [9.17, 15) is 13.2 Å². The van der Waals surface area contributed by atoms with E-state index in [0.29, 0.717) is 6.61 Å². The van der Waals surface area contributed by atoms with E-state index in [1.807, 2.05) is 6.07 Å². The fourth-order valence-electron chi connectivity index (χ4n) is 4.28. The molecule has 0 saturated carbocycles. The minimum absolute atomic E-state index is 0.640. The average Bonchev–Trinajstić information content (AvgIpc) is 2.87. The van der Waals surface area contributed by atoms with Crippen molar-refractivity contribution in [1.29, 1.82) is 0 Å². The Morgan fingerprint density at radius 1 is 0.974 bits per heavy atom. The van der Waals surface area contributed by atoms with Gasteiger partial charge in [0.05, 0.1) is 38.9 Å². The molecule has 0 bridgehead atoms. The molecule has 13 heteroatoms. The summed E-state index contributed by atoms with van der Waals surface area (Å²) in [4.78, 5) is 0. The standard InChI is InChI=1S/C24H27BrNO4.CHF3O3S/c1-26-19-8-9-20(27-2)24(30-11-5-10-25)18(19)12-16-7-6-15-13-21(28-3)22(29-4)14-17(15)23(16)26;2-1(3,4)8(5,6)7/h8-9,12-14H,5-7,10-11H2,1-4H3;(H,5,6,7)/q+1;/p-1. The molecular weight excluding hydrogens is 595 g/mol. The molecule has 0 unspecified atom stereocenters. The predicted molar refractivity (Wildman–Crippen MR) is 137 cm³/mol. The zero-order valence-electron chi connectivity index (χ0n) is 21.1. The van der Waals surface area contributed by atoms with Crippen LogP contribution in [0.25, 0.3) is 22.2 Å². The molecule has 0 N–H and O–H groups in total. The third kappa shape index (κ3) is 6.10. The summed E-state index contributed by atoms with van der Waals surface area (Å²) in [6.45, 7) is 0.640. The Hall–Kier alpha value is -2.77. The highest BCUT2D eigenvalue weighted by Crippen LogP contribution is 2.42. The normalized spacial score (nSPS) is 12.7. The van der Waals surface area contributed by atoms with Crippen LogP contribution in [0.3, 0.4) is 0 Å². The molecule has 1 aliphatic rings. The monoisotopic (exact) mass is 621 g/mol. The quantitative estimate of drug-likeness (QED) is 0.124. The van der Waals surface area contributed by atoms with Gasteiger partial charge in [0.25, 0.3) is 0 Å². The number of aryl methyl sites for hydroxylation is 3. The molecule has 1 aromatic heterocycles. The van der Waals surface area contributed by atoms with Crippen LogP contribution in [0.1, 0.15) is 17.5 Å². The molecule has 0 aliphatic heterocycles. The number of methoxy groups -OCH3 is 3. The minimum atomic E-state index is -6.09. The summed E-state index contributed by atoms with van der Waals surface area (Å²) in [5.41, 5.74) is 0.427. The highest BCUT2D eigenvalue weighted by molar-refractivity contribution is 9.09. The molecule has 0 fully saturated rings. The Morgan fingerprint density at radius 2 is 1.55 bits per heavy atom. The molecule has 3 aromatic rings. The van der Waals surface area contributed by atoms with Gasteiger partial charge < -0.3 is 23.5 Å². The lowest BCUT2D eigenvalue weighted by Crippen LogP contribution is -2.35.